The predicted octanol–water partition coefficient (Wildman–Crippen LogP) is -0.839. The molecule has 2 aromatic rings. The van der Waals surface area contributed by atoms with Crippen molar-refractivity contribution in [1.29, 1.82) is 0 Å². The molecule has 5 unspecified atom stereocenters. The van der Waals surface area contributed by atoms with Crippen molar-refractivity contribution in [1.82, 2.24) is 25.9 Å². The predicted molar refractivity (Wildman–Crippen MR) is 153 cm³/mol. The van der Waals surface area contributed by atoms with Crippen LogP contribution in [0, 0.1) is 5.92 Å². The lowest BCUT2D eigenvalue weighted by molar-refractivity contribution is -0.142. The summed E-state index contributed by atoms with van der Waals surface area (Å²) in [6.07, 6.45) is 4.15. The monoisotopic (exact) mass is 571 g/mol. The highest BCUT2D eigenvalue weighted by Crippen LogP contribution is 2.11. The molecule has 14 nitrogen and oxygen atoms in total. The Bertz CT molecular complexity index is 1150. The fourth-order valence-corrected chi connectivity index (χ4v) is 4.05. The third kappa shape index (κ3) is 11.3. The molecule has 0 bridgehead atoms. The number of H-pyrrole nitrogens is 1. The van der Waals surface area contributed by atoms with Gasteiger partial charge in [0.15, 0.2) is 5.96 Å². The van der Waals surface area contributed by atoms with Crippen molar-refractivity contribution in [3.63, 3.8) is 0 Å². The van der Waals surface area contributed by atoms with Crippen LogP contribution in [0.25, 0.3) is 0 Å². The average Bonchev–Trinajstić information content (AvgIpc) is 3.45. The molecule has 3 amide bonds. The Hall–Kier alpha value is -4.46. The van der Waals surface area contributed by atoms with Gasteiger partial charge >= 0.3 is 5.97 Å². The molecule has 0 aliphatic rings. The van der Waals surface area contributed by atoms with Gasteiger partial charge in [0.05, 0.1) is 12.4 Å². The molecule has 0 spiro atoms. The molecule has 1 aromatic carbocycles. The van der Waals surface area contributed by atoms with Gasteiger partial charge in [-0.1, -0.05) is 50.6 Å². The Morgan fingerprint density at radius 2 is 1.68 bits per heavy atom. The Labute approximate surface area is 238 Å². The first-order chi connectivity index (χ1) is 19.5. The number of carboxylic acid groups (broad SMARTS) is 1. The number of aliphatic imine (C=N–C) groups is 1. The maximum Gasteiger partial charge on any atom is 0.326 e. The van der Waals surface area contributed by atoms with E-state index in [-0.39, 0.29) is 37.7 Å². The summed E-state index contributed by atoms with van der Waals surface area (Å²) in [5.74, 6) is -3.50. The van der Waals surface area contributed by atoms with E-state index in [0.29, 0.717) is 18.5 Å². The maximum atomic E-state index is 13.4. The second kappa shape index (κ2) is 16.6. The van der Waals surface area contributed by atoms with E-state index in [4.69, 9.17) is 17.2 Å². The lowest BCUT2D eigenvalue weighted by atomic mass is 9.96. The van der Waals surface area contributed by atoms with Gasteiger partial charge in [0.25, 0.3) is 0 Å². The van der Waals surface area contributed by atoms with Gasteiger partial charge in [-0.05, 0) is 30.7 Å². The number of hydrogen-bond donors (Lipinski definition) is 8. The number of aromatic nitrogens is 2. The summed E-state index contributed by atoms with van der Waals surface area (Å²) in [4.78, 5) is 62.1. The second-order valence-corrected chi connectivity index (χ2v) is 9.86. The number of imidazole rings is 1. The Balaban J connectivity index is 2.16. The molecule has 14 heteroatoms. The summed E-state index contributed by atoms with van der Waals surface area (Å²) >= 11 is 0. The van der Waals surface area contributed by atoms with Gasteiger partial charge in [0.1, 0.15) is 18.1 Å². The van der Waals surface area contributed by atoms with Crippen LogP contribution in [-0.4, -0.2) is 75.4 Å². The fourth-order valence-electron chi connectivity index (χ4n) is 4.05. The van der Waals surface area contributed by atoms with E-state index in [0.717, 1.165) is 5.56 Å². The Kier molecular flexibility index (Phi) is 13.3. The van der Waals surface area contributed by atoms with E-state index < -0.39 is 47.9 Å². The first-order valence-electron chi connectivity index (χ1n) is 13.5. The SMILES string of the molecule is CCC(C)C(NC(=O)C(CCCN=C(N)N)NC(=O)C(N)Cc1ccccc1)C(=O)NC(Cc1cnc[nH]1)C(=O)O. The summed E-state index contributed by atoms with van der Waals surface area (Å²) < 4.78 is 0. The molecule has 0 fully saturated rings. The van der Waals surface area contributed by atoms with Crippen molar-refractivity contribution in [2.75, 3.05) is 6.54 Å². The number of carboxylic acids is 1. The van der Waals surface area contributed by atoms with Gasteiger partial charge in [-0.15, -0.1) is 0 Å². The number of aliphatic carboxylic acids is 1. The van der Waals surface area contributed by atoms with Gasteiger partial charge in [0.2, 0.25) is 17.7 Å². The zero-order valence-corrected chi connectivity index (χ0v) is 23.4. The van der Waals surface area contributed by atoms with E-state index in [1.807, 2.05) is 37.3 Å². The largest absolute Gasteiger partial charge is 0.480 e. The van der Waals surface area contributed by atoms with Crippen LogP contribution >= 0.6 is 0 Å². The van der Waals surface area contributed by atoms with E-state index >= 15 is 0 Å². The first kappa shape index (κ1) is 32.8. The molecule has 0 saturated heterocycles. The molecule has 2 rings (SSSR count). The maximum absolute atomic E-state index is 13.4. The minimum absolute atomic E-state index is 0.0228. The van der Waals surface area contributed by atoms with E-state index in [9.17, 15) is 24.3 Å². The van der Waals surface area contributed by atoms with Crippen LogP contribution in [-0.2, 0) is 32.0 Å². The number of aromatic amines is 1. The number of carbonyl (C=O) groups is 4. The van der Waals surface area contributed by atoms with Crippen molar-refractivity contribution < 1.29 is 24.3 Å². The standard InChI is InChI=1S/C27H41N9O5/c1-3-16(2)22(25(39)35-21(26(40)41)13-18-14-31-15-33-18)36-24(38)20(10-7-11-32-27(29)30)34-23(37)19(28)12-17-8-5-4-6-9-17/h4-6,8-9,14-16,19-22H,3,7,10-13,28H2,1-2H3,(H,31,33)(H,34,37)(H,35,39)(H,36,38)(H,40,41)(H4,29,30,32). The van der Waals surface area contributed by atoms with Gasteiger partial charge in [-0.3, -0.25) is 19.4 Å². The van der Waals surface area contributed by atoms with Crippen LogP contribution in [0.3, 0.4) is 0 Å². The van der Waals surface area contributed by atoms with Crippen LogP contribution in [0.5, 0.6) is 0 Å². The molecule has 0 radical (unpaired) electrons. The van der Waals surface area contributed by atoms with E-state index in [2.05, 4.69) is 30.9 Å². The van der Waals surface area contributed by atoms with Crippen LogP contribution in [0.15, 0.2) is 47.8 Å². The van der Waals surface area contributed by atoms with Crippen LogP contribution in [0.2, 0.25) is 0 Å². The lowest BCUT2D eigenvalue weighted by Gasteiger charge is -2.28. The number of hydrogen-bond acceptors (Lipinski definition) is 7. The number of nitrogens with one attached hydrogen (secondary N) is 4. The van der Waals surface area contributed by atoms with Crippen LogP contribution in [0.1, 0.15) is 44.4 Å². The van der Waals surface area contributed by atoms with Gasteiger partial charge in [-0.2, -0.15) is 0 Å². The number of benzene rings is 1. The number of amides is 3. The Morgan fingerprint density at radius 1 is 1.00 bits per heavy atom. The zero-order valence-electron chi connectivity index (χ0n) is 23.4. The number of guanidine groups is 1. The minimum Gasteiger partial charge on any atom is -0.480 e. The van der Waals surface area contributed by atoms with Gasteiger partial charge < -0.3 is 43.2 Å². The quantitative estimate of drug-likeness (QED) is 0.0669. The normalized spacial score (nSPS) is 14.5. The first-order valence-corrected chi connectivity index (χ1v) is 13.5. The van der Waals surface area contributed by atoms with Gasteiger partial charge in [-0.25, -0.2) is 9.78 Å². The van der Waals surface area contributed by atoms with Gasteiger partial charge in [0, 0.05) is 24.9 Å². The van der Waals surface area contributed by atoms with Crippen LogP contribution < -0.4 is 33.2 Å². The molecule has 11 N–H and O–H groups in total. The van der Waals surface area contributed by atoms with E-state index in [1.54, 1.807) is 6.92 Å². The summed E-state index contributed by atoms with van der Waals surface area (Å²) in [6.45, 7) is 3.83. The smallest absolute Gasteiger partial charge is 0.326 e. The van der Waals surface area contributed by atoms with Crippen molar-refractivity contribution in [3.05, 3.63) is 54.1 Å². The molecule has 0 aliphatic carbocycles. The highest BCUT2D eigenvalue weighted by Gasteiger charge is 2.33. The highest BCUT2D eigenvalue weighted by atomic mass is 16.4. The average molecular weight is 572 g/mol. The molecule has 5 atom stereocenters. The summed E-state index contributed by atoms with van der Waals surface area (Å²) in [5.41, 5.74) is 18.3. The number of rotatable bonds is 17. The molecule has 224 valence electrons. The summed E-state index contributed by atoms with van der Waals surface area (Å²) in [5, 5.41) is 17.6. The fraction of sp³-hybridized carbons (Fsp3) is 0.481. The van der Waals surface area contributed by atoms with Crippen molar-refractivity contribution >= 4 is 29.7 Å². The summed E-state index contributed by atoms with van der Waals surface area (Å²) in [7, 11) is 0. The third-order valence-electron chi connectivity index (χ3n) is 6.60. The number of nitrogens with two attached hydrogens (primary N) is 3. The van der Waals surface area contributed by atoms with Crippen molar-refractivity contribution in [2.24, 2.45) is 28.1 Å². The zero-order chi connectivity index (χ0) is 30.4. The molecular weight excluding hydrogens is 530 g/mol. The summed E-state index contributed by atoms with van der Waals surface area (Å²) in [6, 6.07) is 4.94. The molecule has 0 aliphatic heterocycles. The molecule has 41 heavy (non-hydrogen) atoms. The van der Waals surface area contributed by atoms with Crippen molar-refractivity contribution in [3.8, 4) is 0 Å². The number of carbonyl (C=O) groups excluding carboxylic acids is 3. The lowest BCUT2D eigenvalue weighted by Crippen LogP contribution is -2.59. The Morgan fingerprint density at radius 3 is 2.27 bits per heavy atom. The molecule has 1 aromatic heterocycles. The number of nitrogens with zero attached hydrogens (tertiary/aromatic N) is 2. The highest BCUT2D eigenvalue weighted by molar-refractivity contribution is 5.94. The molecule has 1 heterocycles. The molecule has 0 saturated carbocycles. The third-order valence-corrected chi connectivity index (χ3v) is 6.60. The van der Waals surface area contributed by atoms with Crippen LogP contribution in [0.4, 0.5) is 0 Å². The molecular formula is C27H41N9O5. The van der Waals surface area contributed by atoms with E-state index in [1.165, 1.54) is 12.5 Å². The second-order valence-electron chi connectivity index (χ2n) is 9.86. The topological polar surface area (TPSA) is 244 Å². The van der Waals surface area contributed by atoms with Crippen molar-refractivity contribution in [2.45, 2.75) is 70.1 Å². The minimum atomic E-state index is -1.25.